The second-order valence-electron chi connectivity index (χ2n) is 3.73. The summed E-state index contributed by atoms with van der Waals surface area (Å²) in [6.45, 7) is 7.49. The lowest BCUT2D eigenvalue weighted by atomic mass is 10.0. The summed E-state index contributed by atoms with van der Waals surface area (Å²) in [6, 6.07) is 2.68. The van der Waals surface area contributed by atoms with E-state index < -0.39 is 0 Å². The van der Waals surface area contributed by atoms with Crippen LogP contribution in [0.1, 0.15) is 40.0 Å². The summed E-state index contributed by atoms with van der Waals surface area (Å²) >= 11 is 0. The fourth-order valence-electron chi connectivity index (χ4n) is 1.06. The molecular weight excluding hydrogens is 148 g/mol. The standard InChI is InChI=1S/C10H20N2/c1-9(2)5-6-10(3)12-8-4-7-11/h9-10,12H,4-6,8H2,1-3H3. The van der Waals surface area contributed by atoms with Gasteiger partial charge in [-0.25, -0.2) is 0 Å². The summed E-state index contributed by atoms with van der Waals surface area (Å²) in [5.41, 5.74) is 0. The number of nitrogens with one attached hydrogen (secondary N) is 1. The predicted octanol–water partition coefficient (Wildman–Crippen LogP) is 2.31. The van der Waals surface area contributed by atoms with E-state index >= 15 is 0 Å². The van der Waals surface area contributed by atoms with Crippen LogP contribution in [0.3, 0.4) is 0 Å². The number of hydrogen-bond donors (Lipinski definition) is 1. The molecule has 0 saturated carbocycles. The van der Waals surface area contributed by atoms with Gasteiger partial charge >= 0.3 is 0 Å². The normalized spacial score (nSPS) is 12.9. The van der Waals surface area contributed by atoms with E-state index in [9.17, 15) is 0 Å². The van der Waals surface area contributed by atoms with Crippen molar-refractivity contribution in [3.05, 3.63) is 0 Å². The third-order valence-electron chi connectivity index (χ3n) is 1.91. The molecule has 0 spiro atoms. The van der Waals surface area contributed by atoms with E-state index in [1.165, 1.54) is 12.8 Å². The lowest BCUT2D eigenvalue weighted by Crippen LogP contribution is -2.27. The second kappa shape index (κ2) is 7.12. The Kier molecular flexibility index (Phi) is 6.79. The van der Waals surface area contributed by atoms with Crippen LogP contribution in [0.5, 0.6) is 0 Å². The van der Waals surface area contributed by atoms with Gasteiger partial charge in [0.05, 0.1) is 6.07 Å². The molecule has 0 amide bonds. The molecule has 0 saturated heterocycles. The molecular formula is C10H20N2. The highest BCUT2D eigenvalue weighted by molar-refractivity contribution is 4.72. The van der Waals surface area contributed by atoms with Gasteiger partial charge in [-0.05, 0) is 25.7 Å². The second-order valence-corrected chi connectivity index (χ2v) is 3.73. The molecule has 0 aromatic carbocycles. The van der Waals surface area contributed by atoms with Crippen molar-refractivity contribution in [2.45, 2.75) is 46.1 Å². The first kappa shape index (κ1) is 11.4. The lowest BCUT2D eigenvalue weighted by Gasteiger charge is -2.13. The molecule has 2 nitrogen and oxygen atoms in total. The molecule has 0 aliphatic rings. The number of nitriles is 1. The first-order valence-corrected chi connectivity index (χ1v) is 4.77. The van der Waals surface area contributed by atoms with Crippen molar-refractivity contribution in [3.63, 3.8) is 0 Å². The van der Waals surface area contributed by atoms with Crippen molar-refractivity contribution in [2.75, 3.05) is 6.54 Å². The molecule has 1 N–H and O–H groups in total. The average molecular weight is 168 g/mol. The quantitative estimate of drug-likeness (QED) is 0.618. The minimum atomic E-state index is 0.556. The maximum atomic E-state index is 8.31. The van der Waals surface area contributed by atoms with Crippen LogP contribution < -0.4 is 5.32 Å². The number of nitrogens with zero attached hydrogens (tertiary/aromatic N) is 1. The highest BCUT2D eigenvalue weighted by Gasteiger charge is 2.01. The first-order chi connectivity index (χ1) is 5.66. The Labute approximate surface area is 76.0 Å². The summed E-state index contributed by atoms with van der Waals surface area (Å²) in [5, 5.41) is 11.6. The summed E-state index contributed by atoms with van der Waals surface area (Å²) < 4.78 is 0. The number of hydrogen-bond acceptors (Lipinski definition) is 2. The van der Waals surface area contributed by atoms with Gasteiger partial charge in [0, 0.05) is 19.0 Å². The van der Waals surface area contributed by atoms with E-state index in [4.69, 9.17) is 5.26 Å². The van der Waals surface area contributed by atoms with Crippen LogP contribution >= 0.6 is 0 Å². The van der Waals surface area contributed by atoms with Gasteiger partial charge in [0.25, 0.3) is 0 Å². The summed E-state index contributed by atoms with van der Waals surface area (Å²) in [5.74, 6) is 0.783. The highest BCUT2D eigenvalue weighted by atomic mass is 14.9. The maximum Gasteiger partial charge on any atom is 0.0635 e. The maximum absolute atomic E-state index is 8.31. The minimum Gasteiger partial charge on any atom is -0.313 e. The van der Waals surface area contributed by atoms with Crippen LogP contribution in [-0.2, 0) is 0 Å². The third-order valence-corrected chi connectivity index (χ3v) is 1.91. The summed E-state index contributed by atoms with van der Waals surface area (Å²) in [7, 11) is 0. The Morgan fingerprint density at radius 1 is 1.25 bits per heavy atom. The van der Waals surface area contributed by atoms with Gasteiger partial charge in [-0.1, -0.05) is 13.8 Å². The van der Waals surface area contributed by atoms with E-state index in [1.807, 2.05) is 0 Å². The van der Waals surface area contributed by atoms with Crippen molar-refractivity contribution < 1.29 is 0 Å². The van der Waals surface area contributed by atoms with Crippen LogP contribution in [0.15, 0.2) is 0 Å². The molecule has 0 fully saturated rings. The van der Waals surface area contributed by atoms with Gasteiger partial charge in [-0.15, -0.1) is 0 Å². The molecule has 2 heteroatoms. The molecule has 0 aromatic rings. The van der Waals surface area contributed by atoms with Crippen molar-refractivity contribution in [2.24, 2.45) is 5.92 Å². The molecule has 0 radical (unpaired) electrons. The lowest BCUT2D eigenvalue weighted by molar-refractivity contribution is 0.455. The van der Waals surface area contributed by atoms with Gasteiger partial charge < -0.3 is 5.32 Å². The topological polar surface area (TPSA) is 35.8 Å². The average Bonchev–Trinajstić information content (AvgIpc) is 2.01. The fourth-order valence-corrected chi connectivity index (χ4v) is 1.06. The van der Waals surface area contributed by atoms with E-state index in [1.54, 1.807) is 0 Å². The molecule has 0 rings (SSSR count). The Balaban J connectivity index is 3.22. The van der Waals surface area contributed by atoms with Gasteiger partial charge in [0.2, 0.25) is 0 Å². The number of rotatable bonds is 6. The van der Waals surface area contributed by atoms with E-state index in [0.717, 1.165) is 12.5 Å². The van der Waals surface area contributed by atoms with Gasteiger partial charge in [-0.2, -0.15) is 5.26 Å². The van der Waals surface area contributed by atoms with Gasteiger partial charge in [0.1, 0.15) is 0 Å². The molecule has 0 aliphatic carbocycles. The van der Waals surface area contributed by atoms with Crippen LogP contribution in [0.4, 0.5) is 0 Å². The van der Waals surface area contributed by atoms with E-state index in [0.29, 0.717) is 12.5 Å². The molecule has 0 heterocycles. The fraction of sp³-hybridized carbons (Fsp3) is 0.900. The Morgan fingerprint density at radius 2 is 1.92 bits per heavy atom. The Hall–Kier alpha value is -0.550. The molecule has 70 valence electrons. The van der Waals surface area contributed by atoms with Crippen LogP contribution in [0.25, 0.3) is 0 Å². The van der Waals surface area contributed by atoms with Gasteiger partial charge in [-0.3, -0.25) is 0 Å². The first-order valence-electron chi connectivity index (χ1n) is 4.77. The van der Waals surface area contributed by atoms with Crippen LogP contribution in [0, 0.1) is 17.2 Å². The molecule has 0 bridgehead atoms. The molecule has 1 unspecified atom stereocenters. The highest BCUT2D eigenvalue weighted by Crippen LogP contribution is 2.05. The smallest absolute Gasteiger partial charge is 0.0635 e. The predicted molar refractivity (Wildman–Crippen MR) is 51.8 cm³/mol. The largest absolute Gasteiger partial charge is 0.313 e. The SMILES string of the molecule is CC(C)CCC(C)NCCC#N. The molecule has 0 aliphatic heterocycles. The Bertz CT molecular complexity index is 135. The van der Waals surface area contributed by atoms with E-state index in [2.05, 4.69) is 32.2 Å². The zero-order chi connectivity index (χ0) is 9.40. The summed E-state index contributed by atoms with van der Waals surface area (Å²) in [4.78, 5) is 0. The molecule has 1 atom stereocenters. The van der Waals surface area contributed by atoms with Gasteiger partial charge in [0.15, 0.2) is 0 Å². The van der Waals surface area contributed by atoms with Crippen LogP contribution in [0.2, 0.25) is 0 Å². The zero-order valence-electron chi connectivity index (χ0n) is 8.43. The van der Waals surface area contributed by atoms with E-state index in [-0.39, 0.29) is 0 Å². The molecule has 12 heavy (non-hydrogen) atoms. The zero-order valence-corrected chi connectivity index (χ0v) is 8.43. The van der Waals surface area contributed by atoms with Crippen molar-refractivity contribution in [1.29, 1.82) is 5.26 Å². The monoisotopic (exact) mass is 168 g/mol. The Morgan fingerprint density at radius 3 is 2.42 bits per heavy atom. The van der Waals surface area contributed by atoms with Crippen molar-refractivity contribution >= 4 is 0 Å². The molecule has 0 aromatic heterocycles. The third kappa shape index (κ3) is 7.56. The minimum absolute atomic E-state index is 0.556. The van der Waals surface area contributed by atoms with Crippen molar-refractivity contribution in [1.82, 2.24) is 5.32 Å². The van der Waals surface area contributed by atoms with Crippen molar-refractivity contribution in [3.8, 4) is 6.07 Å². The van der Waals surface area contributed by atoms with Crippen LogP contribution in [-0.4, -0.2) is 12.6 Å². The summed E-state index contributed by atoms with van der Waals surface area (Å²) in [6.07, 6.45) is 3.09.